The van der Waals surface area contributed by atoms with E-state index in [9.17, 15) is 22.4 Å². The molecule has 2 amide bonds. The van der Waals surface area contributed by atoms with Crippen LogP contribution in [-0.4, -0.2) is 43.8 Å². The molecule has 0 spiro atoms. The molecule has 1 atom stereocenters. The molecule has 1 fully saturated rings. The lowest BCUT2D eigenvalue weighted by Gasteiger charge is -2.33. The van der Waals surface area contributed by atoms with Crippen molar-refractivity contribution in [3.8, 4) is 0 Å². The van der Waals surface area contributed by atoms with Crippen LogP contribution in [0.5, 0.6) is 0 Å². The van der Waals surface area contributed by atoms with E-state index in [2.05, 4.69) is 5.32 Å². The van der Waals surface area contributed by atoms with Crippen LogP contribution in [0.2, 0.25) is 0 Å². The second-order valence-corrected chi connectivity index (χ2v) is 12.2. The lowest BCUT2D eigenvalue weighted by Crippen LogP contribution is -2.53. The minimum absolute atomic E-state index is 0.0244. The average molecular weight is 566 g/mol. The highest BCUT2D eigenvalue weighted by Gasteiger charge is 2.33. The largest absolute Gasteiger partial charge is 0.352 e. The molecule has 0 aliphatic heterocycles. The number of sulfonamides is 1. The first-order chi connectivity index (χ1) is 19.2. The molecule has 1 unspecified atom stereocenters. The third kappa shape index (κ3) is 7.07. The predicted molar refractivity (Wildman–Crippen MR) is 154 cm³/mol. The maximum atomic E-state index is 14.7. The highest BCUT2D eigenvalue weighted by molar-refractivity contribution is 7.92. The molecule has 1 N–H and O–H groups in total. The molecular weight excluding hydrogens is 529 g/mol. The predicted octanol–water partition coefficient (Wildman–Crippen LogP) is 5.20. The van der Waals surface area contributed by atoms with Gasteiger partial charge in [0.1, 0.15) is 18.4 Å². The second kappa shape index (κ2) is 13.1. The molecular formula is C31H36FN3O4S. The quantitative estimate of drug-likeness (QED) is 0.366. The number of nitrogens with one attached hydrogen (secondary N) is 1. The van der Waals surface area contributed by atoms with E-state index in [0.29, 0.717) is 5.69 Å². The number of anilines is 1. The van der Waals surface area contributed by atoms with Gasteiger partial charge in [0.15, 0.2) is 0 Å². The molecule has 0 aromatic heterocycles. The number of carbonyl (C=O) groups excluding carboxylic acids is 2. The molecule has 1 aliphatic rings. The van der Waals surface area contributed by atoms with Gasteiger partial charge in [0, 0.05) is 18.2 Å². The van der Waals surface area contributed by atoms with Crippen molar-refractivity contribution in [2.75, 3.05) is 10.8 Å². The molecule has 0 saturated heterocycles. The smallest absolute Gasteiger partial charge is 0.264 e. The lowest BCUT2D eigenvalue weighted by molar-refractivity contribution is -0.139. The molecule has 40 heavy (non-hydrogen) atoms. The van der Waals surface area contributed by atoms with Crippen molar-refractivity contribution in [1.82, 2.24) is 10.2 Å². The number of hydrogen-bond acceptors (Lipinski definition) is 4. The molecule has 3 aromatic carbocycles. The average Bonchev–Trinajstić information content (AvgIpc) is 2.96. The van der Waals surface area contributed by atoms with Crippen LogP contribution in [0.3, 0.4) is 0 Å². The van der Waals surface area contributed by atoms with Crippen molar-refractivity contribution in [3.05, 3.63) is 95.8 Å². The van der Waals surface area contributed by atoms with Gasteiger partial charge in [0.25, 0.3) is 10.0 Å². The van der Waals surface area contributed by atoms with Crippen LogP contribution >= 0.6 is 0 Å². The number of hydrogen-bond donors (Lipinski definition) is 1. The van der Waals surface area contributed by atoms with Crippen LogP contribution in [0.15, 0.2) is 83.8 Å². The van der Waals surface area contributed by atoms with Gasteiger partial charge in [-0.15, -0.1) is 0 Å². The summed E-state index contributed by atoms with van der Waals surface area (Å²) in [6.45, 7) is 2.69. The molecule has 3 aromatic rings. The Morgan fingerprint density at radius 3 is 2.30 bits per heavy atom. The van der Waals surface area contributed by atoms with Gasteiger partial charge in [-0.2, -0.15) is 0 Å². The number of halogens is 1. The summed E-state index contributed by atoms with van der Waals surface area (Å²) in [4.78, 5) is 28.6. The Bertz CT molecular complexity index is 1430. The summed E-state index contributed by atoms with van der Waals surface area (Å²) in [7, 11) is -4.14. The normalized spacial score (nSPS) is 14.8. The zero-order chi connectivity index (χ0) is 28.7. The van der Waals surface area contributed by atoms with E-state index in [-0.39, 0.29) is 29.0 Å². The molecule has 0 radical (unpaired) electrons. The van der Waals surface area contributed by atoms with Gasteiger partial charge in [-0.1, -0.05) is 67.8 Å². The summed E-state index contributed by atoms with van der Waals surface area (Å²) in [6.07, 6.45) is 4.93. The number of benzene rings is 3. The van der Waals surface area contributed by atoms with Crippen LogP contribution in [0.25, 0.3) is 0 Å². The molecule has 4 rings (SSSR count). The van der Waals surface area contributed by atoms with E-state index in [1.165, 1.54) is 23.1 Å². The number of rotatable bonds is 10. The Kier molecular flexibility index (Phi) is 9.58. The Morgan fingerprint density at radius 1 is 0.950 bits per heavy atom. The summed E-state index contributed by atoms with van der Waals surface area (Å²) >= 11 is 0. The van der Waals surface area contributed by atoms with E-state index in [4.69, 9.17) is 0 Å². The number of aryl methyl sites for hydroxylation is 1. The minimum Gasteiger partial charge on any atom is -0.352 e. The molecule has 7 nitrogen and oxygen atoms in total. The van der Waals surface area contributed by atoms with Gasteiger partial charge in [-0.05, 0) is 62.6 Å². The number of nitrogens with zero attached hydrogens (tertiary/aromatic N) is 2. The highest BCUT2D eigenvalue weighted by Crippen LogP contribution is 2.26. The standard InChI is InChI=1S/C31H36FN3O4S/c1-23-12-11-16-27(20-23)35(40(38,39)28-17-7-4-8-18-28)22-30(36)34(21-25-13-9-10-19-29(25)32)24(2)31(37)33-26-14-5-3-6-15-26/h4,7-13,16-20,24,26H,3,5-6,14-15,21-22H2,1-2H3,(H,33,37). The van der Waals surface area contributed by atoms with E-state index in [1.807, 2.05) is 13.0 Å². The summed E-state index contributed by atoms with van der Waals surface area (Å²) < 4.78 is 43.3. The fourth-order valence-corrected chi connectivity index (χ4v) is 6.42. The molecule has 1 saturated carbocycles. The van der Waals surface area contributed by atoms with Crippen molar-refractivity contribution in [2.45, 2.75) is 69.5 Å². The van der Waals surface area contributed by atoms with Gasteiger partial charge in [0.05, 0.1) is 10.6 Å². The monoisotopic (exact) mass is 565 g/mol. The maximum absolute atomic E-state index is 14.7. The summed E-state index contributed by atoms with van der Waals surface area (Å²) in [5, 5.41) is 3.04. The first-order valence-corrected chi connectivity index (χ1v) is 15.1. The van der Waals surface area contributed by atoms with E-state index in [1.54, 1.807) is 61.5 Å². The minimum atomic E-state index is -4.14. The van der Waals surface area contributed by atoms with Gasteiger partial charge in [-0.3, -0.25) is 13.9 Å². The zero-order valence-electron chi connectivity index (χ0n) is 22.9. The highest BCUT2D eigenvalue weighted by atomic mass is 32.2. The van der Waals surface area contributed by atoms with Gasteiger partial charge < -0.3 is 10.2 Å². The third-order valence-electron chi connectivity index (χ3n) is 7.32. The Balaban J connectivity index is 1.67. The number of amides is 2. The summed E-state index contributed by atoms with van der Waals surface area (Å²) in [5.41, 5.74) is 1.38. The van der Waals surface area contributed by atoms with Crippen molar-refractivity contribution in [1.29, 1.82) is 0 Å². The fraction of sp³-hybridized carbons (Fsp3) is 0.355. The number of carbonyl (C=O) groups is 2. The van der Waals surface area contributed by atoms with Gasteiger partial charge in [-0.25, -0.2) is 12.8 Å². The maximum Gasteiger partial charge on any atom is 0.264 e. The van der Waals surface area contributed by atoms with E-state index in [0.717, 1.165) is 42.0 Å². The Hall–Kier alpha value is -3.72. The molecule has 0 heterocycles. The molecule has 1 aliphatic carbocycles. The summed E-state index contributed by atoms with van der Waals surface area (Å²) in [6, 6.07) is 19.9. The van der Waals surface area contributed by atoms with Crippen molar-refractivity contribution < 1.29 is 22.4 Å². The van der Waals surface area contributed by atoms with E-state index >= 15 is 0 Å². The SMILES string of the molecule is Cc1cccc(N(CC(=O)N(Cc2ccccc2F)C(C)C(=O)NC2CCCCC2)S(=O)(=O)c2ccccc2)c1. The second-order valence-electron chi connectivity index (χ2n) is 10.3. The first kappa shape index (κ1) is 29.3. The van der Waals surface area contributed by atoms with Crippen molar-refractivity contribution in [3.63, 3.8) is 0 Å². The Morgan fingerprint density at radius 2 is 1.62 bits per heavy atom. The Labute approximate surface area is 236 Å². The fourth-order valence-electron chi connectivity index (χ4n) is 4.99. The van der Waals surface area contributed by atoms with E-state index < -0.39 is 34.3 Å². The molecule has 212 valence electrons. The zero-order valence-corrected chi connectivity index (χ0v) is 23.7. The van der Waals surface area contributed by atoms with Crippen LogP contribution in [0, 0.1) is 12.7 Å². The van der Waals surface area contributed by atoms with Gasteiger partial charge in [0.2, 0.25) is 11.8 Å². The van der Waals surface area contributed by atoms with Crippen molar-refractivity contribution in [2.24, 2.45) is 0 Å². The van der Waals surface area contributed by atoms with Gasteiger partial charge >= 0.3 is 0 Å². The summed E-state index contributed by atoms with van der Waals surface area (Å²) in [5.74, 6) is -1.46. The molecule has 9 heteroatoms. The third-order valence-corrected chi connectivity index (χ3v) is 9.11. The van der Waals surface area contributed by atoms with Crippen LogP contribution < -0.4 is 9.62 Å². The molecule has 0 bridgehead atoms. The van der Waals surface area contributed by atoms with Crippen molar-refractivity contribution >= 4 is 27.5 Å². The topological polar surface area (TPSA) is 86.8 Å². The van der Waals surface area contributed by atoms with Crippen LogP contribution in [0.1, 0.15) is 50.2 Å². The van der Waals surface area contributed by atoms with Crippen LogP contribution in [0.4, 0.5) is 10.1 Å². The lowest BCUT2D eigenvalue weighted by atomic mass is 9.95. The first-order valence-electron chi connectivity index (χ1n) is 13.6. The van der Waals surface area contributed by atoms with Crippen LogP contribution in [-0.2, 0) is 26.2 Å².